The van der Waals surface area contributed by atoms with E-state index >= 15 is 0 Å². The molecule has 0 aromatic heterocycles. The van der Waals surface area contributed by atoms with Gasteiger partial charge in [-0.15, -0.1) is 0 Å². The first-order valence-electron chi connectivity index (χ1n) is 5.96. The van der Waals surface area contributed by atoms with Gasteiger partial charge in [-0.3, -0.25) is 15.1 Å². The second kappa shape index (κ2) is 5.77. The summed E-state index contributed by atoms with van der Waals surface area (Å²) in [5, 5.41) is 9.21. The molecule has 6 heteroatoms. The van der Waals surface area contributed by atoms with E-state index in [0.717, 1.165) is 0 Å². The summed E-state index contributed by atoms with van der Waals surface area (Å²) in [5.74, 6) is 4.99. The Morgan fingerprint density at radius 3 is 2.82 bits per heavy atom. The molecule has 0 aliphatic carbocycles. The van der Waals surface area contributed by atoms with Gasteiger partial charge in [0.2, 0.25) is 0 Å². The zero-order valence-electron chi connectivity index (χ0n) is 10.8. The van der Waals surface area contributed by atoms with Crippen LogP contribution in [0.3, 0.4) is 0 Å². The Bertz CT molecular complexity index is 271. The van der Waals surface area contributed by atoms with Gasteiger partial charge < -0.3 is 9.84 Å². The highest BCUT2D eigenvalue weighted by Crippen LogP contribution is 2.23. The maximum atomic E-state index is 11.7. The standard InChI is InChI=1S/C11H23N3O3/c1-4-9(10(16)13-12)14-5-8(6-15)17-11(2,3)7-14/h8-9,15H,4-7,12H2,1-3H3,(H,13,16). The monoisotopic (exact) mass is 245 g/mol. The van der Waals surface area contributed by atoms with Gasteiger partial charge in [0.05, 0.1) is 24.4 Å². The van der Waals surface area contributed by atoms with E-state index in [0.29, 0.717) is 19.5 Å². The van der Waals surface area contributed by atoms with Crippen LogP contribution in [0.15, 0.2) is 0 Å². The van der Waals surface area contributed by atoms with E-state index in [-0.39, 0.29) is 30.3 Å². The maximum absolute atomic E-state index is 11.7. The largest absolute Gasteiger partial charge is 0.394 e. The van der Waals surface area contributed by atoms with E-state index in [1.165, 1.54) is 0 Å². The lowest BCUT2D eigenvalue weighted by Crippen LogP contribution is -2.60. The number of hydrazine groups is 1. The molecule has 0 aromatic rings. The molecule has 1 heterocycles. The highest BCUT2D eigenvalue weighted by Gasteiger charge is 2.37. The Labute approximate surface area is 102 Å². The third-order valence-electron chi connectivity index (χ3n) is 2.98. The summed E-state index contributed by atoms with van der Waals surface area (Å²) >= 11 is 0. The van der Waals surface area contributed by atoms with Crippen molar-refractivity contribution >= 4 is 5.91 Å². The average Bonchev–Trinajstić information content (AvgIpc) is 2.27. The Morgan fingerprint density at radius 2 is 2.35 bits per heavy atom. The quantitative estimate of drug-likeness (QED) is 0.344. The summed E-state index contributed by atoms with van der Waals surface area (Å²) in [6.45, 7) is 7.00. The summed E-state index contributed by atoms with van der Waals surface area (Å²) in [5.41, 5.74) is 1.82. The maximum Gasteiger partial charge on any atom is 0.251 e. The fraction of sp³-hybridized carbons (Fsp3) is 0.909. The SMILES string of the molecule is CCC(C(=O)NN)N1CC(CO)OC(C)(C)C1. The summed E-state index contributed by atoms with van der Waals surface area (Å²) < 4.78 is 5.71. The van der Waals surface area contributed by atoms with Crippen LogP contribution >= 0.6 is 0 Å². The predicted octanol–water partition coefficient (Wildman–Crippen LogP) is -0.773. The van der Waals surface area contributed by atoms with Gasteiger partial charge in [0.1, 0.15) is 0 Å². The van der Waals surface area contributed by atoms with E-state index in [1.807, 2.05) is 25.7 Å². The van der Waals surface area contributed by atoms with E-state index in [2.05, 4.69) is 5.43 Å². The molecule has 1 saturated heterocycles. The lowest BCUT2D eigenvalue weighted by Gasteiger charge is -2.44. The molecule has 0 bridgehead atoms. The Hall–Kier alpha value is -0.690. The van der Waals surface area contributed by atoms with Crippen molar-refractivity contribution < 1.29 is 14.6 Å². The van der Waals surface area contributed by atoms with Crippen molar-refractivity contribution in [3.63, 3.8) is 0 Å². The van der Waals surface area contributed by atoms with Crippen LogP contribution < -0.4 is 11.3 Å². The van der Waals surface area contributed by atoms with Gasteiger partial charge in [0.15, 0.2) is 0 Å². The lowest BCUT2D eigenvalue weighted by molar-refractivity contribution is -0.162. The molecule has 0 aromatic carbocycles. The first-order chi connectivity index (χ1) is 7.93. The first-order valence-corrected chi connectivity index (χ1v) is 5.96. The van der Waals surface area contributed by atoms with E-state index in [1.54, 1.807) is 0 Å². The highest BCUT2D eigenvalue weighted by atomic mass is 16.5. The summed E-state index contributed by atoms with van der Waals surface area (Å²) in [7, 11) is 0. The number of nitrogens with two attached hydrogens (primary N) is 1. The van der Waals surface area contributed by atoms with Crippen molar-refractivity contribution in [2.45, 2.75) is 44.9 Å². The third kappa shape index (κ3) is 3.64. The molecule has 2 unspecified atom stereocenters. The second-order valence-corrected chi connectivity index (χ2v) is 5.04. The number of amides is 1. The van der Waals surface area contributed by atoms with E-state index in [9.17, 15) is 9.90 Å². The fourth-order valence-corrected chi connectivity index (χ4v) is 2.38. The van der Waals surface area contributed by atoms with Crippen LogP contribution in [0.2, 0.25) is 0 Å². The first kappa shape index (κ1) is 14.4. The number of hydrogen-bond acceptors (Lipinski definition) is 5. The smallest absolute Gasteiger partial charge is 0.251 e. The van der Waals surface area contributed by atoms with Gasteiger partial charge in [-0.1, -0.05) is 6.92 Å². The van der Waals surface area contributed by atoms with Crippen molar-refractivity contribution in [1.82, 2.24) is 10.3 Å². The van der Waals surface area contributed by atoms with Crippen molar-refractivity contribution in [3.05, 3.63) is 0 Å². The molecule has 17 heavy (non-hydrogen) atoms. The molecule has 0 saturated carbocycles. The minimum atomic E-state index is -0.367. The summed E-state index contributed by atoms with van der Waals surface area (Å²) in [6.07, 6.45) is 0.426. The van der Waals surface area contributed by atoms with Crippen LogP contribution in [-0.2, 0) is 9.53 Å². The number of aliphatic hydroxyl groups is 1. The number of nitrogens with one attached hydrogen (secondary N) is 1. The predicted molar refractivity (Wildman–Crippen MR) is 64.0 cm³/mol. The van der Waals surface area contributed by atoms with Crippen LogP contribution in [-0.4, -0.2) is 53.4 Å². The summed E-state index contributed by atoms with van der Waals surface area (Å²) in [6, 6.07) is -0.266. The summed E-state index contributed by atoms with van der Waals surface area (Å²) in [4.78, 5) is 13.7. The van der Waals surface area contributed by atoms with E-state index < -0.39 is 0 Å². The second-order valence-electron chi connectivity index (χ2n) is 5.04. The van der Waals surface area contributed by atoms with Gasteiger partial charge >= 0.3 is 0 Å². The zero-order valence-corrected chi connectivity index (χ0v) is 10.8. The number of hydrogen-bond donors (Lipinski definition) is 3. The van der Waals surface area contributed by atoms with Crippen molar-refractivity contribution in [2.75, 3.05) is 19.7 Å². The molecular weight excluding hydrogens is 222 g/mol. The van der Waals surface area contributed by atoms with Gasteiger partial charge in [-0.2, -0.15) is 0 Å². The molecule has 1 aliphatic rings. The normalized spacial score (nSPS) is 26.5. The third-order valence-corrected chi connectivity index (χ3v) is 2.98. The molecule has 1 fully saturated rings. The van der Waals surface area contributed by atoms with E-state index in [4.69, 9.17) is 10.6 Å². The van der Waals surface area contributed by atoms with Crippen LogP contribution in [0, 0.1) is 0 Å². The lowest BCUT2D eigenvalue weighted by atomic mass is 10.0. The van der Waals surface area contributed by atoms with Gasteiger partial charge in [0.25, 0.3) is 5.91 Å². The Morgan fingerprint density at radius 1 is 1.71 bits per heavy atom. The van der Waals surface area contributed by atoms with Crippen molar-refractivity contribution in [1.29, 1.82) is 0 Å². The minimum absolute atomic E-state index is 0.0411. The van der Waals surface area contributed by atoms with Gasteiger partial charge in [-0.25, -0.2) is 5.84 Å². The highest BCUT2D eigenvalue weighted by molar-refractivity contribution is 5.81. The zero-order chi connectivity index (χ0) is 13.1. The molecule has 4 N–H and O–H groups in total. The molecule has 1 rings (SSSR count). The van der Waals surface area contributed by atoms with Crippen LogP contribution in [0.25, 0.3) is 0 Å². The van der Waals surface area contributed by atoms with Crippen molar-refractivity contribution in [3.8, 4) is 0 Å². The number of rotatable bonds is 4. The molecule has 100 valence electrons. The molecule has 1 aliphatic heterocycles. The molecule has 1 amide bonds. The molecule has 2 atom stereocenters. The molecule has 0 radical (unpaired) electrons. The van der Waals surface area contributed by atoms with Crippen LogP contribution in [0.4, 0.5) is 0 Å². The average molecular weight is 245 g/mol. The van der Waals surface area contributed by atoms with Crippen LogP contribution in [0.5, 0.6) is 0 Å². The number of morpholine rings is 1. The van der Waals surface area contributed by atoms with Gasteiger partial charge in [-0.05, 0) is 20.3 Å². The Kier molecular flexibility index (Phi) is 4.88. The number of nitrogens with zero attached hydrogens (tertiary/aromatic N) is 1. The number of carbonyl (C=O) groups is 1. The number of ether oxygens (including phenoxy) is 1. The topological polar surface area (TPSA) is 87.8 Å². The minimum Gasteiger partial charge on any atom is -0.394 e. The number of aliphatic hydroxyl groups excluding tert-OH is 1. The molecular formula is C11H23N3O3. The fourth-order valence-electron chi connectivity index (χ4n) is 2.38. The Balaban J connectivity index is 2.77. The number of carbonyl (C=O) groups excluding carboxylic acids is 1. The molecule has 0 spiro atoms. The van der Waals surface area contributed by atoms with Gasteiger partial charge in [0, 0.05) is 13.1 Å². The van der Waals surface area contributed by atoms with Crippen molar-refractivity contribution in [2.24, 2.45) is 5.84 Å². The molecule has 6 nitrogen and oxygen atoms in total. The van der Waals surface area contributed by atoms with Crippen LogP contribution in [0.1, 0.15) is 27.2 Å².